The van der Waals surface area contributed by atoms with E-state index < -0.39 is 15.9 Å². The highest BCUT2D eigenvalue weighted by molar-refractivity contribution is 7.89. The predicted molar refractivity (Wildman–Crippen MR) is 122 cm³/mol. The highest BCUT2D eigenvalue weighted by Gasteiger charge is 2.36. The number of piperidine rings is 1. The van der Waals surface area contributed by atoms with Crippen LogP contribution in [0.25, 0.3) is 0 Å². The quantitative estimate of drug-likeness (QED) is 0.617. The normalized spacial score (nSPS) is 17.9. The summed E-state index contributed by atoms with van der Waals surface area (Å²) in [7, 11) is -2.37. The lowest BCUT2D eigenvalue weighted by Crippen LogP contribution is -2.49. The van der Waals surface area contributed by atoms with Gasteiger partial charge in [0.2, 0.25) is 5.03 Å². The van der Waals surface area contributed by atoms with Crippen molar-refractivity contribution >= 4 is 27.4 Å². The molecular formula is C22H29N5O5S. The summed E-state index contributed by atoms with van der Waals surface area (Å²) in [5.74, 6) is 0.481. The Balaban J connectivity index is 1.51. The van der Waals surface area contributed by atoms with E-state index in [1.54, 1.807) is 7.05 Å². The number of piperazine rings is 1. The van der Waals surface area contributed by atoms with E-state index in [1.165, 1.54) is 20.1 Å². The molecule has 2 fully saturated rings. The highest BCUT2D eigenvalue weighted by Crippen LogP contribution is 2.30. The van der Waals surface area contributed by atoms with E-state index in [1.807, 2.05) is 31.2 Å². The molecule has 3 heterocycles. The van der Waals surface area contributed by atoms with Crippen LogP contribution in [0.3, 0.4) is 0 Å². The van der Waals surface area contributed by atoms with Crippen LogP contribution in [0.1, 0.15) is 30.1 Å². The fraction of sp³-hybridized carbons (Fsp3) is 0.500. The zero-order valence-corrected chi connectivity index (χ0v) is 19.8. The van der Waals surface area contributed by atoms with Crippen LogP contribution in [0.4, 0.5) is 5.69 Å². The summed E-state index contributed by atoms with van der Waals surface area (Å²) >= 11 is 0. The number of anilines is 1. The molecule has 0 unspecified atom stereocenters. The van der Waals surface area contributed by atoms with Crippen LogP contribution in [0.15, 0.2) is 35.5 Å². The molecule has 10 nitrogen and oxygen atoms in total. The van der Waals surface area contributed by atoms with Crippen molar-refractivity contribution < 1.29 is 22.7 Å². The maximum absolute atomic E-state index is 13.5. The van der Waals surface area contributed by atoms with Crippen LogP contribution in [-0.4, -0.2) is 85.0 Å². The van der Waals surface area contributed by atoms with Gasteiger partial charge in [0.15, 0.2) is 0 Å². The first-order chi connectivity index (χ1) is 15.8. The molecular weight excluding hydrogens is 446 g/mol. The largest absolute Gasteiger partial charge is 0.492 e. The van der Waals surface area contributed by atoms with Gasteiger partial charge in [0.05, 0.1) is 17.9 Å². The van der Waals surface area contributed by atoms with Gasteiger partial charge in [0.1, 0.15) is 11.5 Å². The molecule has 1 aromatic heterocycles. The number of carbonyl (C=O) groups excluding carboxylic acids is 2. The molecule has 0 atom stereocenters. The van der Waals surface area contributed by atoms with Gasteiger partial charge in [-0.25, -0.2) is 8.42 Å². The first-order valence-corrected chi connectivity index (χ1v) is 12.6. The van der Waals surface area contributed by atoms with E-state index in [9.17, 15) is 18.0 Å². The molecule has 1 aromatic carbocycles. The number of sulfonamides is 1. The van der Waals surface area contributed by atoms with E-state index in [4.69, 9.17) is 4.74 Å². The van der Waals surface area contributed by atoms with Gasteiger partial charge in [-0.15, -0.1) is 0 Å². The van der Waals surface area contributed by atoms with E-state index in [0.717, 1.165) is 11.4 Å². The number of rotatable bonds is 6. The number of aryl methyl sites for hydroxylation is 1. The van der Waals surface area contributed by atoms with Gasteiger partial charge in [0.25, 0.3) is 15.9 Å². The number of ether oxygens (including phenoxy) is 1. The summed E-state index contributed by atoms with van der Waals surface area (Å²) in [4.78, 5) is 28.2. The molecule has 2 aliphatic heterocycles. The number of hydrogen-bond donors (Lipinski definition) is 0. The Morgan fingerprint density at radius 1 is 1.06 bits per heavy atom. The molecule has 1 amide bonds. The van der Waals surface area contributed by atoms with Crippen LogP contribution in [0.5, 0.6) is 5.75 Å². The summed E-state index contributed by atoms with van der Waals surface area (Å²) in [6, 6.07) is 7.71. The average Bonchev–Trinajstić information content (AvgIpc) is 3.22. The van der Waals surface area contributed by atoms with Crippen molar-refractivity contribution in [2.45, 2.75) is 24.8 Å². The van der Waals surface area contributed by atoms with Crippen molar-refractivity contribution in [1.29, 1.82) is 0 Å². The first-order valence-electron chi connectivity index (χ1n) is 11.1. The van der Waals surface area contributed by atoms with Gasteiger partial charge in [0, 0.05) is 65.4 Å². The lowest BCUT2D eigenvalue weighted by Gasteiger charge is -2.35. The van der Waals surface area contributed by atoms with E-state index in [0.29, 0.717) is 45.6 Å². The molecule has 0 spiro atoms. The average molecular weight is 476 g/mol. The summed E-state index contributed by atoms with van der Waals surface area (Å²) in [6.45, 7) is 4.59. The fourth-order valence-corrected chi connectivity index (χ4v) is 5.76. The van der Waals surface area contributed by atoms with Crippen LogP contribution >= 0.6 is 0 Å². The number of ketones is 1. The Morgan fingerprint density at radius 3 is 2.39 bits per heavy atom. The number of likely N-dealkylation sites (tertiary alicyclic amines) is 1. The van der Waals surface area contributed by atoms with Crippen LogP contribution < -0.4 is 9.64 Å². The second-order valence-electron chi connectivity index (χ2n) is 8.14. The lowest BCUT2D eigenvalue weighted by atomic mass is 10.1. The number of carbonyl (C=O) groups is 2. The zero-order valence-electron chi connectivity index (χ0n) is 18.9. The molecule has 0 radical (unpaired) electrons. The molecule has 0 saturated carbocycles. The second kappa shape index (κ2) is 9.52. The molecule has 0 aliphatic carbocycles. The molecule has 33 heavy (non-hydrogen) atoms. The van der Waals surface area contributed by atoms with Crippen LogP contribution in [0, 0.1) is 0 Å². The second-order valence-corrected chi connectivity index (χ2v) is 10.00. The van der Waals surface area contributed by atoms with Gasteiger partial charge in [-0.3, -0.25) is 14.3 Å². The number of Topliss-reactive ketones (excluding diaryl/α,β-unsaturated/α-hetero) is 1. The monoisotopic (exact) mass is 475 g/mol. The highest BCUT2D eigenvalue weighted by atomic mass is 32.2. The Labute approximate surface area is 193 Å². The molecule has 2 aromatic rings. The standard InChI is InChI=1S/C22H29N5O5S/c1-3-32-20-7-5-4-6-19(20)25-12-14-27(15-13-25)33(30,31)21-18(16-24(2)23-21)22(29)26-10-8-17(28)9-11-26/h4-7,16H,3,8-15H2,1-2H3. The molecule has 2 saturated heterocycles. The molecule has 178 valence electrons. The van der Waals surface area contributed by atoms with Gasteiger partial charge in [-0.1, -0.05) is 12.1 Å². The van der Waals surface area contributed by atoms with E-state index in [-0.39, 0.29) is 29.5 Å². The number of nitrogens with zero attached hydrogens (tertiary/aromatic N) is 5. The van der Waals surface area contributed by atoms with Crippen LogP contribution in [-0.2, 0) is 21.9 Å². The smallest absolute Gasteiger partial charge is 0.263 e. The number of aromatic nitrogens is 2. The van der Waals surface area contributed by atoms with Gasteiger partial charge in [-0.05, 0) is 19.1 Å². The Kier molecular flexibility index (Phi) is 6.71. The third kappa shape index (κ3) is 4.74. The maximum atomic E-state index is 13.5. The number of benzene rings is 1. The maximum Gasteiger partial charge on any atom is 0.263 e. The Hall–Kier alpha value is -2.92. The number of hydrogen-bond acceptors (Lipinski definition) is 7. The van der Waals surface area contributed by atoms with Crippen molar-refractivity contribution in [2.24, 2.45) is 7.05 Å². The summed E-state index contributed by atoms with van der Waals surface area (Å²) in [5.41, 5.74) is 0.987. The minimum Gasteiger partial charge on any atom is -0.492 e. The number of para-hydroxylation sites is 2. The third-order valence-corrected chi connectivity index (χ3v) is 7.80. The molecule has 11 heteroatoms. The minimum atomic E-state index is -3.96. The van der Waals surface area contributed by atoms with E-state index >= 15 is 0 Å². The molecule has 0 bridgehead atoms. The molecule has 2 aliphatic rings. The van der Waals surface area contributed by atoms with Crippen molar-refractivity contribution in [1.82, 2.24) is 19.0 Å². The molecule has 0 N–H and O–H groups in total. The first kappa shape index (κ1) is 23.2. The fourth-order valence-electron chi connectivity index (χ4n) is 4.22. The number of amides is 1. The summed E-state index contributed by atoms with van der Waals surface area (Å²) < 4.78 is 35.4. The third-order valence-electron chi connectivity index (χ3n) is 5.96. The van der Waals surface area contributed by atoms with Crippen molar-refractivity contribution in [2.75, 3.05) is 50.8 Å². The van der Waals surface area contributed by atoms with Crippen molar-refractivity contribution in [3.8, 4) is 5.75 Å². The predicted octanol–water partition coefficient (Wildman–Crippen LogP) is 1.13. The van der Waals surface area contributed by atoms with Crippen LogP contribution in [0.2, 0.25) is 0 Å². The molecule has 4 rings (SSSR count). The van der Waals surface area contributed by atoms with Gasteiger partial charge in [-0.2, -0.15) is 9.40 Å². The van der Waals surface area contributed by atoms with Gasteiger partial charge < -0.3 is 14.5 Å². The Bertz CT molecular complexity index is 1130. The minimum absolute atomic E-state index is 0.0518. The zero-order chi connectivity index (χ0) is 23.6. The summed E-state index contributed by atoms with van der Waals surface area (Å²) in [5, 5.41) is 3.92. The Morgan fingerprint density at radius 2 is 1.73 bits per heavy atom. The van der Waals surface area contributed by atoms with Crippen molar-refractivity contribution in [3.05, 3.63) is 36.0 Å². The van der Waals surface area contributed by atoms with Gasteiger partial charge >= 0.3 is 0 Å². The lowest BCUT2D eigenvalue weighted by molar-refractivity contribution is -0.120. The van der Waals surface area contributed by atoms with E-state index in [2.05, 4.69) is 10.00 Å². The SMILES string of the molecule is CCOc1ccccc1N1CCN(S(=O)(=O)c2nn(C)cc2C(=O)N2CCC(=O)CC2)CC1. The van der Waals surface area contributed by atoms with Crippen molar-refractivity contribution in [3.63, 3.8) is 0 Å². The summed E-state index contributed by atoms with van der Waals surface area (Å²) in [6.07, 6.45) is 2.03. The topological polar surface area (TPSA) is 105 Å².